The molecule has 0 radical (unpaired) electrons. The van der Waals surface area contributed by atoms with Gasteiger partial charge in [0, 0.05) is 19.3 Å². The maximum atomic E-state index is 13.4. The van der Waals surface area contributed by atoms with Crippen molar-refractivity contribution in [3.8, 4) is 11.4 Å². The number of alkyl halides is 3. The summed E-state index contributed by atoms with van der Waals surface area (Å²) in [6.45, 7) is 7.13. The highest BCUT2D eigenvalue weighted by Crippen LogP contribution is 2.30. The van der Waals surface area contributed by atoms with Gasteiger partial charge < -0.3 is 4.74 Å². The number of halogens is 3. The van der Waals surface area contributed by atoms with E-state index in [9.17, 15) is 27.6 Å². The van der Waals surface area contributed by atoms with Crippen molar-refractivity contribution in [1.82, 2.24) is 28.5 Å². The number of ether oxygens (including phenoxy) is 1. The molecular weight excluding hydrogens is 517 g/mol. The number of nitrogens with zero attached hydrogens (tertiary/aromatic N) is 6. The van der Waals surface area contributed by atoms with E-state index in [4.69, 9.17) is 4.74 Å². The van der Waals surface area contributed by atoms with Gasteiger partial charge in [0.2, 0.25) is 0 Å². The summed E-state index contributed by atoms with van der Waals surface area (Å²) in [7, 11) is 0. The lowest BCUT2D eigenvalue weighted by Gasteiger charge is -2.12. The van der Waals surface area contributed by atoms with Gasteiger partial charge in [0.1, 0.15) is 5.82 Å². The van der Waals surface area contributed by atoms with Crippen LogP contribution < -0.4 is 11.2 Å². The number of hydrogen-bond acceptors (Lipinski definition) is 6. The summed E-state index contributed by atoms with van der Waals surface area (Å²) in [5, 5.41) is 4.27. The van der Waals surface area contributed by atoms with E-state index in [-0.39, 0.29) is 43.4 Å². The summed E-state index contributed by atoms with van der Waals surface area (Å²) in [5.41, 5.74) is -0.758. The highest BCUT2D eigenvalue weighted by Gasteiger charge is 2.30. The van der Waals surface area contributed by atoms with Crippen molar-refractivity contribution in [2.45, 2.75) is 66.7 Å². The van der Waals surface area contributed by atoms with Crippen LogP contribution in [0.3, 0.4) is 0 Å². The first-order chi connectivity index (χ1) is 18.5. The third kappa shape index (κ3) is 5.52. The number of aryl methyl sites for hydroxylation is 1. The summed E-state index contributed by atoms with van der Waals surface area (Å²) in [6.07, 6.45) is -0.894. The zero-order chi connectivity index (χ0) is 28.5. The Morgan fingerprint density at radius 1 is 1.10 bits per heavy atom. The van der Waals surface area contributed by atoms with Crippen LogP contribution in [-0.2, 0) is 42.1 Å². The summed E-state index contributed by atoms with van der Waals surface area (Å²) in [6, 6.07) is 4.94. The molecule has 0 saturated carbocycles. The van der Waals surface area contributed by atoms with E-state index in [2.05, 4.69) is 10.1 Å². The molecule has 13 heteroatoms. The van der Waals surface area contributed by atoms with E-state index in [1.54, 1.807) is 33.0 Å². The largest absolute Gasteiger partial charge is 0.444 e. The maximum absolute atomic E-state index is 13.4. The molecule has 10 nitrogen and oxygen atoms in total. The summed E-state index contributed by atoms with van der Waals surface area (Å²) in [4.78, 5) is 43.3. The first-order valence-electron chi connectivity index (χ1n) is 12.6. The number of benzene rings is 1. The minimum Gasteiger partial charge on any atom is -0.444 e. The second-order valence-electron chi connectivity index (χ2n) is 9.39. The van der Waals surface area contributed by atoms with Gasteiger partial charge in [0.15, 0.2) is 17.9 Å². The lowest BCUT2D eigenvalue weighted by molar-refractivity contribution is -0.151. The molecule has 0 N–H and O–H groups in total. The van der Waals surface area contributed by atoms with E-state index >= 15 is 0 Å². The Morgan fingerprint density at radius 2 is 1.85 bits per heavy atom. The fourth-order valence-corrected chi connectivity index (χ4v) is 4.24. The Hall–Kier alpha value is -4.16. The van der Waals surface area contributed by atoms with Gasteiger partial charge in [-0.05, 0) is 31.0 Å². The SMILES string of the molecule is CCCn1c(=O)c2c(nc(-c3cnn(Cc4cccc(C(F)(F)F)c4)c3)n2COC(=O)C(C)C)n(CC)c1=O. The number of fused-ring (bicyclic) bond motifs is 1. The first-order valence-corrected chi connectivity index (χ1v) is 12.6. The second kappa shape index (κ2) is 10.9. The number of aromatic nitrogens is 6. The number of hydrogen-bond donors (Lipinski definition) is 0. The Labute approximate surface area is 221 Å². The lowest BCUT2D eigenvalue weighted by atomic mass is 10.1. The van der Waals surface area contributed by atoms with Crippen molar-refractivity contribution in [1.29, 1.82) is 0 Å². The molecule has 0 spiro atoms. The van der Waals surface area contributed by atoms with Crippen molar-refractivity contribution in [2.75, 3.05) is 0 Å². The van der Waals surface area contributed by atoms with Crippen molar-refractivity contribution in [3.63, 3.8) is 0 Å². The van der Waals surface area contributed by atoms with Crippen LogP contribution in [0.1, 0.15) is 45.2 Å². The van der Waals surface area contributed by atoms with Crippen molar-refractivity contribution in [2.24, 2.45) is 5.92 Å². The Bertz CT molecular complexity index is 1630. The van der Waals surface area contributed by atoms with Crippen LogP contribution in [0.25, 0.3) is 22.6 Å². The summed E-state index contributed by atoms with van der Waals surface area (Å²) in [5.74, 6) is -0.672. The van der Waals surface area contributed by atoms with Crippen LogP contribution in [0.2, 0.25) is 0 Å². The number of carbonyl (C=O) groups is 1. The van der Waals surface area contributed by atoms with Crippen LogP contribution in [0.5, 0.6) is 0 Å². The van der Waals surface area contributed by atoms with Crippen molar-refractivity contribution < 1.29 is 22.7 Å². The van der Waals surface area contributed by atoms with Crippen LogP contribution in [-0.4, -0.2) is 34.4 Å². The molecule has 4 rings (SSSR count). The summed E-state index contributed by atoms with van der Waals surface area (Å²) >= 11 is 0. The fraction of sp³-hybridized carbons (Fsp3) is 0.423. The number of carbonyl (C=O) groups excluding carboxylic acids is 1. The van der Waals surface area contributed by atoms with Gasteiger partial charge in [-0.15, -0.1) is 0 Å². The highest BCUT2D eigenvalue weighted by atomic mass is 19.4. The van der Waals surface area contributed by atoms with Crippen LogP contribution >= 0.6 is 0 Å². The normalized spacial score (nSPS) is 12.0. The molecule has 0 amide bonds. The van der Waals surface area contributed by atoms with Gasteiger partial charge in [-0.2, -0.15) is 18.3 Å². The van der Waals surface area contributed by atoms with Gasteiger partial charge >= 0.3 is 17.8 Å². The lowest BCUT2D eigenvalue weighted by Crippen LogP contribution is -2.40. The Kier molecular flexibility index (Phi) is 7.79. The predicted molar refractivity (Wildman–Crippen MR) is 137 cm³/mol. The summed E-state index contributed by atoms with van der Waals surface area (Å²) < 4.78 is 50.2. The predicted octanol–water partition coefficient (Wildman–Crippen LogP) is 3.88. The molecule has 0 aliphatic rings. The number of rotatable bonds is 9. The molecular formula is C26H29F3N6O4. The smallest absolute Gasteiger partial charge is 0.416 e. The third-order valence-corrected chi connectivity index (χ3v) is 6.18. The van der Waals surface area contributed by atoms with E-state index in [1.165, 1.54) is 26.1 Å². The molecule has 0 bridgehead atoms. The molecule has 0 fully saturated rings. The minimum atomic E-state index is -4.47. The molecule has 4 aromatic rings. The van der Waals surface area contributed by atoms with Crippen LogP contribution in [0, 0.1) is 5.92 Å². The van der Waals surface area contributed by atoms with Gasteiger partial charge in [0.05, 0.1) is 29.8 Å². The second-order valence-corrected chi connectivity index (χ2v) is 9.39. The average Bonchev–Trinajstić information content (AvgIpc) is 3.49. The molecule has 3 aromatic heterocycles. The molecule has 0 aliphatic carbocycles. The molecule has 0 aliphatic heterocycles. The van der Waals surface area contributed by atoms with Gasteiger partial charge in [-0.1, -0.05) is 32.9 Å². The minimum absolute atomic E-state index is 0.0510. The van der Waals surface area contributed by atoms with E-state index in [0.717, 1.165) is 16.7 Å². The fourth-order valence-electron chi connectivity index (χ4n) is 4.24. The Morgan fingerprint density at radius 3 is 2.49 bits per heavy atom. The zero-order valence-electron chi connectivity index (χ0n) is 22.0. The van der Waals surface area contributed by atoms with Gasteiger partial charge in [-0.3, -0.25) is 28.0 Å². The van der Waals surface area contributed by atoms with Crippen LogP contribution in [0.4, 0.5) is 13.2 Å². The monoisotopic (exact) mass is 546 g/mol. The van der Waals surface area contributed by atoms with E-state index < -0.39 is 34.9 Å². The first kappa shape index (κ1) is 27.9. The van der Waals surface area contributed by atoms with Gasteiger partial charge in [-0.25, -0.2) is 9.78 Å². The van der Waals surface area contributed by atoms with E-state index in [0.29, 0.717) is 17.5 Å². The van der Waals surface area contributed by atoms with Gasteiger partial charge in [0.25, 0.3) is 5.56 Å². The standard InChI is InChI=1S/C26H29F3N6O4/c1-5-10-34-23(36)20-22(33(6-2)25(34)38)31-21(35(20)15-39-24(37)16(3)4)18-12-30-32(14-18)13-17-8-7-9-19(11-17)26(27,28)29/h7-9,11-12,14,16H,5-6,10,13,15H2,1-4H3. The van der Waals surface area contributed by atoms with Crippen molar-refractivity contribution in [3.05, 3.63) is 68.6 Å². The molecule has 0 saturated heterocycles. The molecule has 1 aromatic carbocycles. The maximum Gasteiger partial charge on any atom is 0.416 e. The molecule has 3 heterocycles. The zero-order valence-corrected chi connectivity index (χ0v) is 22.0. The average molecular weight is 547 g/mol. The number of esters is 1. The molecule has 39 heavy (non-hydrogen) atoms. The van der Waals surface area contributed by atoms with Crippen LogP contribution in [0.15, 0.2) is 46.2 Å². The topological polar surface area (TPSA) is 106 Å². The molecule has 0 atom stereocenters. The van der Waals surface area contributed by atoms with Crippen molar-refractivity contribution >= 4 is 17.1 Å². The molecule has 208 valence electrons. The Balaban J connectivity index is 1.83. The third-order valence-electron chi connectivity index (χ3n) is 6.18. The molecule has 0 unspecified atom stereocenters. The quantitative estimate of drug-likeness (QED) is 0.295. The number of imidazole rings is 1. The van der Waals surface area contributed by atoms with E-state index in [1.807, 2.05) is 6.92 Å². The highest BCUT2D eigenvalue weighted by molar-refractivity contribution is 5.77.